The van der Waals surface area contributed by atoms with Gasteiger partial charge in [-0.25, -0.2) is 0 Å². The zero-order valence-corrected chi connectivity index (χ0v) is 17.5. The maximum absolute atomic E-state index is 5.97. The summed E-state index contributed by atoms with van der Waals surface area (Å²) in [5.74, 6) is 0.907. The minimum atomic E-state index is 0.399. The van der Waals surface area contributed by atoms with Gasteiger partial charge in [-0.05, 0) is 85.5 Å². The molecule has 104 valence electrons. The van der Waals surface area contributed by atoms with E-state index in [-0.39, 0.29) is 0 Å². The first-order valence-corrected chi connectivity index (χ1v) is 9.28. The van der Waals surface area contributed by atoms with Crippen LogP contribution in [-0.2, 0) is 6.61 Å². The molecule has 2 nitrogen and oxygen atoms in total. The summed E-state index contributed by atoms with van der Waals surface area (Å²) in [5, 5.41) is 0. The molecule has 0 saturated heterocycles. The predicted molar refractivity (Wildman–Crippen MR) is 111 cm³/mol. The number of hydrogen-bond acceptors (Lipinski definition) is 2. The van der Waals surface area contributed by atoms with Gasteiger partial charge >= 0.3 is 0 Å². The first-order valence-electron chi connectivity index (χ1n) is 5.64. The van der Waals surface area contributed by atoms with E-state index in [1.807, 2.05) is 24.3 Å². The molecule has 0 atom stereocenters. The van der Waals surface area contributed by atoms with Gasteiger partial charge in [-0.3, -0.25) is 0 Å². The zero-order valence-electron chi connectivity index (χ0n) is 10.2. The van der Waals surface area contributed by atoms with Crippen LogP contribution in [0.3, 0.4) is 0 Å². The largest absolute Gasteiger partial charge is 0.487 e. The number of halogens is 3. The number of ether oxygens (including phenoxy) is 1. The van der Waals surface area contributed by atoms with Crippen molar-refractivity contribution < 1.29 is 4.74 Å². The molecule has 0 radical (unpaired) electrons. The molecular weight excluding hydrogens is 611 g/mol. The van der Waals surface area contributed by atoms with Crippen molar-refractivity contribution in [2.75, 3.05) is 0 Å². The normalized spacial score (nSPS) is 10.3. The quantitative estimate of drug-likeness (QED) is 0.397. The fraction of sp³-hybridized carbons (Fsp3) is 0.0714. The molecule has 20 heavy (non-hydrogen) atoms. The molecule has 0 aliphatic carbocycles. The van der Waals surface area contributed by atoms with Crippen LogP contribution in [0, 0.1) is 10.7 Å². The number of thiocarbonyl (C=S) groups is 1. The highest BCUT2D eigenvalue weighted by Crippen LogP contribution is 2.30. The van der Waals surface area contributed by atoms with Gasteiger partial charge in [0.25, 0.3) is 0 Å². The molecule has 0 aliphatic rings. The molecule has 2 rings (SSSR count). The smallest absolute Gasteiger partial charge is 0.146 e. The molecular formula is C14H10I3NOS. The van der Waals surface area contributed by atoms with Gasteiger partial charge in [0, 0.05) is 9.13 Å². The van der Waals surface area contributed by atoms with Gasteiger partial charge in [-0.15, -0.1) is 0 Å². The molecule has 0 amide bonds. The number of nitrogens with two attached hydrogens (primary N) is 1. The first kappa shape index (κ1) is 16.7. The summed E-state index contributed by atoms with van der Waals surface area (Å²) in [6.45, 7) is 0.458. The van der Waals surface area contributed by atoms with Gasteiger partial charge < -0.3 is 10.5 Å². The third kappa shape index (κ3) is 4.17. The van der Waals surface area contributed by atoms with Gasteiger partial charge in [0.05, 0.1) is 7.14 Å². The SMILES string of the molecule is NC(=S)c1ccccc1COc1c(I)cc(I)cc1I. The molecule has 0 fully saturated rings. The molecule has 2 aromatic rings. The highest BCUT2D eigenvalue weighted by molar-refractivity contribution is 14.1. The van der Waals surface area contributed by atoms with Crippen molar-refractivity contribution in [2.45, 2.75) is 6.61 Å². The fourth-order valence-corrected chi connectivity index (χ4v) is 5.80. The third-order valence-electron chi connectivity index (χ3n) is 2.62. The summed E-state index contributed by atoms with van der Waals surface area (Å²) < 4.78 is 9.37. The Morgan fingerprint density at radius 2 is 1.70 bits per heavy atom. The fourth-order valence-electron chi connectivity index (χ4n) is 1.70. The molecule has 0 spiro atoms. The van der Waals surface area contributed by atoms with Crippen LogP contribution in [0.4, 0.5) is 0 Å². The van der Waals surface area contributed by atoms with Crippen molar-refractivity contribution in [2.24, 2.45) is 5.73 Å². The molecule has 2 N–H and O–H groups in total. The van der Waals surface area contributed by atoms with E-state index in [2.05, 4.69) is 79.9 Å². The number of benzene rings is 2. The van der Waals surface area contributed by atoms with E-state index < -0.39 is 0 Å². The minimum absolute atomic E-state index is 0.399. The van der Waals surface area contributed by atoms with Gasteiger partial charge in [-0.2, -0.15) is 0 Å². The van der Waals surface area contributed by atoms with Crippen LogP contribution in [-0.4, -0.2) is 4.99 Å². The van der Waals surface area contributed by atoms with Crippen LogP contribution in [0.2, 0.25) is 0 Å². The van der Waals surface area contributed by atoms with E-state index >= 15 is 0 Å². The van der Waals surface area contributed by atoms with Gasteiger partial charge in [0.15, 0.2) is 0 Å². The average molecular weight is 621 g/mol. The van der Waals surface area contributed by atoms with Crippen molar-refractivity contribution in [3.05, 3.63) is 58.2 Å². The monoisotopic (exact) mass is 621 g/mol. The molecule has 0 unspecified atom stereocenters. The van der Waals surface area contributed by atoms with Crippen LogP contribution in [0.1, 0.15) is 11.1 Å². The molecule has 6 heteroatoms. The highest BCUT2D eigenvalue weighted by Gasteiger charge is 2.10. The van der Waals surface area contributed by atoms with E-state index in [0.29, 0.717) is 11.6 Å². The van der Waals surface area contributed by atoms with Crippen molar-refractivity contribution in [1.29, 1.82) is 0 Å². The second-order valence-electron chi connectivity index (χ2n) is 4.01. The summed E-state index contributed by atoms with van der Waals surface area (Å²) >= 11 is 12.0. The standard InChI is InChI=1S/C14H10I3NOS/c15-9-5-11(16)13(12(17)6-9)19-7-8-3-1-2-4-10(8)14(18)20/h1-6H,7H2,(H2,18,20). The maximum atomic E-state index is 5.97. The highest BCUT2D eigenvalue weighted by atomic mass is 127. The molecule has 0 aliphatic heterocycles. The van der Waals surface area contributed by atoms with Gasteiger partial charge in [-0.1, -0.05) is 36.5 Å². The lowest BCUT2D eigenvalue weighted by atomic mass is 10.1. The van der Waals surface area contributed by atoms with Crippen molar-refractivity contribution >= 4 is 85.0 Å². The Morgan fingerprint density at radius 1 is 1.10 bits per heavy atom. The van der Waals surface area contributed by atoms with E-state index in [1.165, 1.54) is 3.57 Å². The van der Waals surface area contributed by atoms with E-state index in [9.17, 15) is 0 Å². The Hall–Kier alpha value is 0.320. The van der Waals surface area contributed by atoms with Crippen LogP contribution in [0.15, 0.2) is 36.4 Å². The summed E-state index contributed by atoms with van der Waals surface area (Å²) in [6.07, 6.45) is 0. The summed E-state index contributed by atoms with van der Waals surface area (Å²) in [5.41, 5.74) is 7.61. The molecule has 0 aromatic heterocycles. The number of rotatable bonds is 4. The lowest BCUT2D eigenvalue weighted by Gasteiger charge is -2.13. The predicted octanol–water partition coefficient (Wildman–Crippen LogP) is 4.71. The van der Waals surface area contributed by atoms with Gasteiger partial charge in [0.1, 0.15) is 17.3 Å². The third-order valence-corrected chi connectivity index (χ3v) is 5.06. The Bertz CT molecular complexity index is 638. The summed E-state index contributed by atoms with van der Waals surface area (Å²) in [4.78, 5) is 0.399. The Balaban J connectivity index is 2.24. The molecule has 0 heterocycles. The summed E-state index contributed by atoms with van der Waals surface area (Å²) in [7, 11) is 0. The Morgan fingerprint density at radius 3 is 2.30 bits per heavy atom. The zero-order chi connectivity index (χ0) is 14.7. The number of hydrogen-bond donors (Lipinski definition) is 1. The second-order valence-corrected chi connectivity index (χ2v) is 8.02. The van der Waals surface area contributed by atoms with Crippen LogP contribution in [0.25, 0.3) is 0 Å². The van der Waals surface area contributed by atoms with Crippen molar-refractivity contribution in [3.8, 4) is 5.75 Å². The van der Waals surface area contributed by atoms with Crippen molar-refractivity contribution in [1.82, 2.24) is 0 Å². The van der Waals surface area contributed by atoms with Crippen LogP contribution in [0.5, 0.6) is 5.75 Å². The molecule has 0 bridgehead atoms. The van der Waals surface area contributed by atoms with Crippen LogP contribution >= 0.6 is 80.0 Å². The molecule has 0 saturated carbocycles. The van der Waals surface area contributed by atoms with Crippen molar-refractivity contribution in [3.63, 3.8) is 0 Å². The summed E-state index contributed by atoms with van der Waals surface area (Å²) in [6, 6.07) is 12.0. The second kappa shape index (κ2) is 7.54. The lowest BCUT2D eigenvalue weighted by molar-refractivity contribution is 0.301. The topological polar surface area (TPSA) is 35.2 Å². The molecule has 2 aromatic carbocycles. The van der Waals surface area contributed by atoms with Crippen LogP contribution < -0.4 is 10.5 Å². The Kier molecular flexibility index (Phi) is 6.29. The van der Waals surface area contributed by atoms with E-state index in [4.69, 9.17) is 22.7 Å². The minimum Gasteiger partial charge on any atom is -0.487 e. The first-order chi connectivity index (χ1) is 9.49. The maximum Gasteiger partial charge on any atom is 0.146 e. The Labute approximate surface area is 164 Å². The van der Waals surface area contributed by atoms with Gasteiger partial charge in [0.2, 0.25) is 0 Å². The average Bonchev–Trinajstić information content (AvgIpc) is 2.37. The van der Waals surface area contributed by atoms with E-state index in [0.717, 1.165) is 24.0 Å². The lowest BCUT2D eigenvalue weighted by Crippen LogP contribution is -2.13. The van der Waals surface area contributed by atoms with E-state index in [1.54, 1.807) is 0 Å².